The molecule has 28 heavy (non-hydrogen) atoms. The van der Waals surface area contributed by atoms with E-state index in [1.54, 1.807) is 12.1 Å². The lowest BCUT2D eigenvalue weighted by Gasteiger charge is -2.48. The molecule has 0 radical (unpaired) electrons. The maximum absolute atomic E-state index is 13.0. The molecule has 1 aromatic carbocycles. The van der Waals surface area contributed by atoms with Gasteiger partial charge in [-0.3, -0.25) is 9.59 Å². The predicted molar refractivity (Wildman–Crippen MR) is 106 cm³/mol. The highest BCUT2D eigenvalue weighted by atomic mass is 19.1. The van der Waals surface area contributed by atoms with Gasteiger partial charge in [-0.05, 0) is 56.5 Å². The molecule has 1 spiro atoms. The maximum Gasteiger partial charge on any atom is 0.251 e. The summed E-state index contributed by atoms with van der Waals surface area (Å²) in [4.78, 5) is 28.7. The summed E-state index contributed by atoms with van der Waals surface area (Å²) in [6.45, 7) is 5.46. The number of hydrogen-bond acceptors (Lipinski definition) is 4. The number of benzene rings is 1. The number of amides is 1. The highest BCUT2D eigenvalue weighted by Gasteiger charge is 2.45. The SMILES string of the molecule is CCCC1OC2(CCN(CCCC(=O)c3ccc(F)cc3)CC2)CN(C)C1=O. The Bertz CT molecular complexity index is 684. The molecule has 0 saturated carbocycles. The van der Waals surface area contributed by atoms with E-state index in [1.807, 2.05) is 11.9 Å². The minimum absolute atomic E-state index is 0.0617. The molecule has 154 valence electrons. The van der Waals surface area contributed by atoms with Crippen molar-refractivity contribution in [3.63, 3.8) is 0 Å². The summed E-state index contributed by atoms with van der Waals surface area (Å²) in [5, 5.41) is 0. The highest BCUT2D eigenvalue weighted by Crippen LogP contribution is 2.33. The van der Waals surface area contributed by atoms with Crippen molar-refractivity contribution in [3.05, 3.63) is 35.6 Å². The van der Waals surface area contributed by atoms with E-state index in [2.05, 4.69) is 11.8 Å². The van der Waals surface area contributed by atoms with Crippen molar-refractivity contribution in [3.8, 4) is 0 Å². The number of nitrogens with zero attached hydrogens (tertiary/aromatic N) is 2. The Hall–Kier alpha value is -1.79. The standard InChI is InChI=1S/C22H31FN2O3/c1-3-5-20-21(27)24(2)16-22(28-20)11-14-25(15-12-22)13-4-6-19(26)17-7-9-18(23)10-8-17/h7-10,20H,3-6,11-16H2,1-2H3. The quantitative estimate of drug-likeness (QED) is 0.671. The van der Waals surface area contributed by atoms with Crippen LogP contribution in [-0.4, -0.2) is 66.4 Å². The van der Waals surface area contributed by atoms with Gasteiger partial charge >= 0.3 is 0 Å². The lowest BCUT2D eigenvalue weighted by molar-refractivity contribution is -0.191. The van der Waals surface area contributed by atoms with Gasteiger partial charge in [0, 0.05) is 38.7 Å². The van der Waals surface area contributed by atoms with Gasteiger partial charge in [-0.15, -0.1) is 0 Å². The summed E-state index contributed by atoms with van der Waals surface area (Å²) in [5.41, 5.74) is 0.354. The molecule has 1 atom stereocenters. The smallest absolute Gasteiger partial charge is 0.251 e. The lowest BCUT2D eigenvalue weighted by Crippen LogP contribution is -2.60. The molecule has 5 nitrogen and oxygen atoms in total. The van der Waals surface area contributed by atoms with Gasteiger partial charge in [0.2, 0.25) is 0 Å². The van der Waals surface area contributed by atoms with Gasteiger partial charge in [-0.2, -0.15) is 0 Å². The van der Waals surface area contributed by atoms with Gasteiger partial charge in [0.15, 0.2) is 5.78 Å². The van der Waals surface area contributed by atoms with E-state index in [1.165, 1.54) is 12.1 Å². The molecule has 2 heterocycles. The van der Waals surface area contributed by atoms with Crippen LogP contribution < -0.4 is 0 Å². The van der Waals surface area contributed by atoms with E-state index >= 15 is 0 Å². The van der Waals surface area contributed by atoms with Crippen LogP contribution in [0.3, 0.4) is 0 Å². The second-order valence-electron chi connectivity index (χ2n) is 8.15. The van der Waals surface area contributed by atoms with Crippen LogP contribution in [0.5, 0.6) is 0 Å². The van der Waals surface area contributed by atoms with Gasteiger partial charge in [0.05, 0.1) is 5.60 Å². The van der Waals surface area contributed by atoms with Gasteiger partial charge < -0.3 is 14.5 Å². The first-order valence-electron chi connectivity index (χ1n) is 10.4. The van der Waals surface area contributed by atoms with Crippen LogP contribution in [0.1, 0.15) is 55.8 Å². The number of carbonyl (C=O) groups excluding carboxylic acids is 2. The van der Waals surface area contributed by atoms with E-state index in [9.17, 15) is 14.0 Å². The largest absolute Gasteiger partial charge is 0.360 e. The first kappa shape index (κ1) is 20.9. The minimum Gasteiger partial charge on any atom is -0.360 e. The Kier molecular flexibility index (Phi) is 6.83. The molecule has 1 unspecified atom stereocenters. The summed E-state index contributed by atoms with van der Waals surface area (Å²) >= 11 is 0. The number of piperidine rings is 1. The van der Waals surface area contributed by atoms with Crippen molar-refractivity contribution >= 4 is 11.7 Å². The fraction of sp³-hybridized carbons (Fsp3) is 0.636. The van der Waals surface area contributed by atoms with Crippen LogP contribution in [0.2, 0.25) is 0 Å². The zero-order chi connectivity index (χ0) is 20.1. The van der Waals surface area contributed by atoms with Gasteiger partial charge in [-0.1, -0.05) is 13.3 Å². The third kappa shape index (κ3) is 4.97. The van der Waals surface area contributed by atoms with Crippen LogP contribution in [0.25, 0.3) is 0 Å². The van der Waals surface area contributed by atoms with Crippen molar-refractivity contribution in [2.75, 3.05) is 33.2 Å². The summed E-state index contributed by atoms with van der Waals surface area (Å²) in [5.74, 6) is -0.155. The van der Waals surface area contributed by atoms with E-state index in [0.29, 0.717) is 18.5 Å². The monoisotopic (exact) mass is 390 g/mol. The van der Waals surface area contributed by atoms with Crippen molar-refractivity contribution < 1.29 is 18.7 Å². The van der Waals surface area contributed by atoms with Crippen LogP contribution in [0.4, 0.5) is 4.39 Å². The fourth-order valence-corrected chi connectivity index (χ4v) is 4.29. The zero-order valence-corrected chi connectivity index (χ0v) is 17.0. The molecular weight excluding hydrogens is 359 g/mol. The molecule has 2 aliphatic rings. The van der Waals surface area contributed by atoms with Crippen LogP contribution >= 0.6 is 0 Å². The minimum atomic E-state index is -0.322. The summed E-state index contributed by atoms with van der Waals surface area (Å²) < 4.78 is 19.3. The molecule has 0 aromatic heterocycles. The summed E-state index contributed by atoms with van der Waals surface area (Å²) in [6.07, 6.45) is 4.51. The van der Waals surface area contributed by atoms with E-state index in [0.717, 1.165) is 51.7 Å². The molecule has 2 aliphatic heterocycles. The average Bonchev–Trinajstić information content (AvgIpc) is 2.68. The first-order valence-corrected chi connectivity index (χ1v) is 10.4. The number of halogens is 1. The van der Waals surface area contributed by atoms with Crippen molar-refractivity contribution in [1.82, 2.24) is 9.80 Å². The molecule has 3 rings (SSSR count). The molecule has 0 aliphatic carbocycles. The molecule has 1 amide bonds. The van der Waals surface area contributed by atoms with Crippen molar-refractivity contribution in [2.24, 2.45) is 0 Å². The predicted octanol–water partition coefficient (Wildman–Crippen LogP) is 3.28. The van der Waals surface area contributed by atoms with Gasteiger partial charge in [0.25, 0.3) is 5.91 Å². The molecule has 2 saturated heterocycles. The van der Waals surface area contributed by atoms with E-state index in [4.69, 9.17) is 4.74 Å². The summed E-state index contributed by atoms with van der Waals surface area (Å²) in [7, 11) is 1.88. The first-order chi connectivity index (χ1) is 13.4. The second-order valence-corrected chi connectivity index (χ2v) is 8.15. The number of Topliss-reactive ketones (excluding diaryl/α,β-unsaturated/α-hetero) is 1. The number of morpholine rings is 1. The van der Waals surface area contributed by atoms with E-state index in [-0.39, 0.29) is 29.2 Å². The normalized spacial score (nSPS) is 22.6. The Labute approximate surface area is 166 Å². The average molecular weight is 390 g/mol. The number of hydrogen-bond donors (Lipinski definition) is 0. The van der Waals surface area contributed by atoms with Crippen LogP contribution in [-0.2, 0) is 9.53 Å². The number of likely N-dealkylation sites (tertiary alicyclic amines) is 1. The molecule has 0 N–H and O–H groups in total. The summed E-state index contributed by atoms with van der Waals surface area (Å²) in [6, 6.07) is 5.75. The Morgan fingerprint density at radius 1 is 1.25 bits per heavy atom. The molecule has 0 bridgehead atoms. The van der Waals surface area contributed by atoms with E-state index < -0.39 is 0 Å². The van der Waals surface area contributed by atoms with Gasteiger partial charge in [0.1, 0.15) is 11.9 Å². The third-order valence-corrected chi connectivity index (χ3v) is 5.93. The lowest BCUT2D eigenvalue weighted by atomic mass is 9.88. The Morgan fingerprint density at radius 3 is 2.57 bits per heavy atom. The van der Waals surface area contributed by atoms with Crippen LogP contribution in [0, 0.1) is 5.82 Å². The number of rotatable bonds is 7. The van der Waals surface area contributed by atoms with Crippen LogP contribution in [0.15, 0.2) is 24.3 Å². The molecular formula is C22H31FN2O3. The number of ether oxygens (including phenoxy) is 1. The Morgan fingerprint density at radius 2 is 1.93 bits per heavy atom. The molecule has 6 heteroatoms. The zero-order valence-electron chi connectivity index (χ0n) is 17.0. The fourth-order valence-electron chi connectivity index (χ4n) is 4.29. The number of ketones is 1. The van der Waals surface area contributed by atoms with Crippen molar-refractivity contribution in [1.29, 1.82) is 0 Å². The second kappa shape index (κ2) is 9.14. The van der Waals surface area contributed by atoms with Gasteiger partial charge in [-0.25, -0.2) is 4.39 Å². The number of carbonyl (C=O) groups is 2. The molecule has 1 aromatic rings. The molecule has 2 fully saturated rings. The number of likely N-dealkylation sites (N-methyl/N-ethyl adjacent to an activating group) is 1. The van der Waals surface area contributed by atoms with Crippen molar-refractivity contribution in [2.45, 2.75) is 57.2 Å². The Balaban J connectivity index is 1.44. The maximum atomic E-state index is 13.0. The topological polar surface area (TPSA) is 49.9 Å². The highest BCUT2D eigenvalue weighted by molar-refractivity contribution is 5.95. The third-order valence-electron chi connectivity index (χ3n) is 5.93.